The molecule has 0 aromatic carbocycles. The molecule has 19 heavy (non-hydrogen) atoms. The molecule has 0 aromatic rings. The smallest absolute Gasteiger partial charge is 0.0788 e. The van der Waals surface area contributed by atoms with Crippen molar-refractivity contribution in [2.24, 2.45) is 17.1 Å². The van der Waals surface area contributed by atoms with Gasteiger partial charge in [0.05, 0.1) is 11.2 Å². The number of hydrogen-bond donors (Lipinski definition) is 1. The second-order valence-electron chi connectivity index (χ2n) is 8.42. The predicted octanol–water partition coefficient (Wildman–Crippen LogP) is 2.88. The summed E-state index contributed by atoms with van der Waals surface area (Å²) in [6.45, 7) is 18.7. The lowest BCUT2D eigenvalue weighted by Crippen LogP contribution is -2.50. The zero-order valence-corrected chi connectivity index (χ0v) is 14.4. The summed E-state index contributed by atoms with van der Waals surface area (Å²) in [7, 11) is 2.20. The highest BCUT2D eigenvalue weighted by molar-refractivity contribution is 5.05. The minimum atomic E-state index is -0.236. The zero-order valence-electron chi connectivity index (χ0n) is 14.4. The summed E-state index contributed by atoms with van der Waals surface area (Å²) in [4.78, 5) is 2.43. The van der Waals surface area contributed by atoms with E-state index in [0.29, 0.717) is 12.0 Å². The molecule has 3 nitrogen and oxygen atoms in total. The molecule has 1 rings (SSSR count). The van der Waals surface area contributed by atoms with Crippen LogP contribution in [0, 0.1) is 11.3 Å². The number of nitrogens with two attached hydrogens (primary N) is 1. The van der Waals surface area contributed by atoms with E-state index in [1.54, 1.807) is 0 Å². The van der Waals surface area contributed by atoms with Crippen molar-refractivity contribution >= 4 is 0 Å². The van der Waals surface area contributed by atoms with E-state index in [1.165, 1.54) is 0 Å². The second-order valence-corrected chi connectivity index (χ2v) is 8.42. The largest absolute Gasteiger partial charge is 0.368 e. The Labute approximate surface area is 119 Å². The SMILES string of the molecule is CC(N(C)CC1C(N)C(C)(C)OC1(C)C)C(C)(C)C. The number of nitrogens with zero attached hydrogens (tertiary/aromatic N) is 1. The van der Waals surface area contributed by atoms with Crippen LogP contribution >= 0.6 is 0 Å². The van der Waals surface area contributed by atoms with Gasteiger partial charge in [0, 0.05) is 24.5 Å². The van der Waals surface area contributed by atoms with Gasteiger partial charge in [-0.3, -0.25) is 0 Å². The molecule has 0 amide bonds. The summed E-state index contributed by atoms with van der Waals surface area (Å²) in [6.07, 6.45) is 0. The average molecular weight is 270 g/mol. The fraction of sp³-hybridized carbons (Fsp3) is 1.00. The highest BCUT2D eigenvalue weighted by Gasteiger charge is 2.52. The van der Waals surface area contributed by atoms with Gasteiger partial charge in [0.15, 0.2) is 0 Å². The van der Waals surface area contributed by atoms with E-state index < -0.39 is 0 Å². The normalized spacial score (nSPS) is 31.7. The fourth-order valence-corrected chi connectivity index (χ4v) is 3.20. The van der Waals surface area contributed by atoms with Crippen LogP contribution < -0.4 is 5.73 Å². The molecule has 1 saturated heterocycles. The summed E-state index contributed by atoms with van der Waals surface area (Å²) < 4.78 is 6.18. The molecule has 1 aliphatic rings. The predicted molar refractivity (Wildman–Crippen MR) is 82.3 cm³/mol. The standard InChI is InChI=1S/C16H34N2O/c1-11(14(2,3)4)18(9)10-12-13(17)16(7,8)19-15(12,5)6/h11-13H,10,17H2,1-9H3. The van der Waals surface area contributed by atoms with Gasteiger partial charge in [-0.2, -0.15) is 0 Å². The molecule has 0 aliphatic carbocycles. The summed E-state index contributed by atoms with van der Waals surface area (Å²) >= 11 is 0. The minimum Gasteiger partial charge on any atom is -0.368 e. The Hall–Kier alpha value is -0.120. The number of hydrogen-bond acceptors (Lipinski definition) is 3. The van der Waals surface area contributed by atoms with Gasteiger partial charge in [-0.1, -0.05) is 20.8 Å². The first kappa shape index (κ1) is 16.9. The van der Waals surface area contributed by atoms with Gasteiger partial charge in [0.25, 0.3) is 0 Å². The van der Waals surface area contributed by atoms with Crippen LogP contribution in [-0.2, 0) is 4.74 Å². The molecule has 1 fully saturated rings. The molecule has 0 bridgehead atoms. The van der Waals surface area contributed by atoms with E-state index in [0.717, 1.165) is 6.54 Å². The third-order valence-electron chi connectivity index (χ3n) is 5.05. The first-order valence-corrected chi connectivity index (χ1v) is 7.45. The fourth-order valence-electron chi connectivity index (χ4n) is 3.20. The van der Waals surface area contributed by atoms with Gasteiger partial charge in [-0.05, 0) is 47.1 Å². The third-order valence-corrected chi connectivity index (χ3v) is 5.05. The topological polar surface area (TPSA) is 38.5 Å². The maximum atomic E-state index is 6.44. The quantitative estimate of drug-likeness (QED) is 0.857. The van der Waals surface area contributed by atoms with Crippen LogP contribution in [0.4, 0.5) is 0 Å². The van der Waals surface area contributed by atoms with Crippen molar-refractivity contribution in [3.8, 4) is 0 Å². The van der Waals surface area contributed by atoms with E-state index in [1.807, 2.05) is 0 Å². The Morgan fingerprint density at radius 1 is 1.16 bits per heavy atom. The van der Waals surface area contributed by atoms with Crippen molar-refractivity contribution in [3.63, 3.8) is 0 Å². The van der Waals surface area contributed by atoms with Crippen LogP contribution in [0.25, 0.3) is 0 Å². The Bertz CT molecular complexity index is 317. The third kappa shape index (κ3) is 3.50. The Kier molecular flexibility index (Phi) is 4.47. The Morgan fingerprint density at radius 3 is 1.95 bits per heavy atom. The van der Waals surface area contributed by atoms with Crippen molar-refractivity contribution in [3.05, 3.63) is 0 Å². The van der Waals surface area contributed by atoms with Crippen molar-refractivity contribution in [1.29, 1.82) is 0 Å². The van der Waals surface area contributed by atoms with Crippen LogP contribution in [-0.4, -0.2) is 41.8 Å². The lowest BCUT2D eigenvalue weighted by atomic mass is 9.81. The first-order valence-electron chi connectivity index (χ1n) is 7.45. The molecular formula is C16H34N2O. The lowest BCUT2D eigenvalue weighted by Gasteiger charge is -2.39. The minimum absolute atomic E-state index is 0.0807. The van der Waals surface area contributed by atoms with Gasteiger partial charge in [-0.15, -0.1) is 0 Å². The highest BCUT2D eigenvalue weighted by atomic mass is 16.5. The van der Waals surface area contributed by atoms with Crippen LogP contribution in [0.15, 0.2) is 0 Å². The van der Waals surface area contributed by atoms with Crippen LogP contribution in [0.5, 0.6) is 0 Å². The number of ether oxygens (including phenoxy) is 1. The van der Waals surface area contributed by atoms with Gasteiger partial charge >= 0.3 is 0 Å². The monoisotopic (exact) mass is 270 g/mol. The van der Waals surface area contributed by atoms with Crippen molar-refractivity contribution in [2.75, 3.05) is 13.6 Å². The van der Waals surface area contributed by atoms with Crippen molar-refractivity contribution < 1.29 is 4.74 Å². The molecule has 0 spiro atoms. The number of rotatable bonds is 3. The van der Waals surface area contributed by atoms with E-state index in [9.17, 15) is 0 Å². The molecule has 1 heterocycles. The molecule has 2 N–H and O–H groups in total. The maximum Gasteiger partial charge on any atom is 0.0788 e. The van der Waals surface area contributed by atoms with Gasteiger partial charge in [0.2, 0.25) is 0 Å². The molecule has 3 atom stereocenters. The van der Waals surface area contributed by atoms with Crippen LogP contribution in [0.3, 0.4) is 0 Å². The molecule has 0 radical (unpaired) electrons. The van der Waals surface area contributed by atoms with Gasteiger partial charge in [0.1, 0.15) is 0 Å². The van der Waals surface area contributed by atoms with E-state index in [2.05, 4.69) is 67.3 Å². The molecular weight excluding hydrogens is 236 g/mol. The van der Waals surface area contributed by atoms with Crippen LogP contribution in [0.1, 0.15) is 55.4 Å². The Balaban J connectivity index is 2.82. The molecule has 114 valence electrons. The van der Waals surface area contributed by atoms with Crippen molar-refractivity contribution in [2.45, 2.75) is 78.7 Å². The molecule has 3 heteroatoms. The van der Waals surface area contributed by atoms with E-state index in [-0.39, 0.29) is 22.7 Å². The van der Waals surface area contributed by atoms with Crippen molar-refractivity contribution in [1.82, 2.24) is 4.90 Å². The average Bonchev–Trinajstić information content (AvgIpc) is 2.34. The molecule has 3 unspecified atom stereocenters. The lowest BCUT2D eigenvalue weighted by molar-refractivity contribution is -0.0793. The summed E-state index contributed by atoms with van der Waals surface area (Å²) in [6, 6.07) is 0.594. The maximum absolute atomic E-state index is 6.44. The molecule has 0 aromatic heterocycles. The summed E-state index contributed by atoms with van der Waals surface area (Å²) in [5.74, 6) is 0.359. The second kappa shape index (κ2) is 5.01. The van der Waals surface area contributed by atoms with Gasteiger partial charge in [-0.25, -0.2) is 0 Å². The first-order chi connectivity index (χ1) is 8.29. The molecule has 1 aliphatic heterocycles. The highest BCUT2D eigenvalue weighted by Crippen LogP contribution is 2.42. The summed E-state index contributed by atoms with van der Waals surface area (Å²) in [5.41, 5.74) is 6.32. The zero-order chi connectivity index (χ0) is 15.2. The van der Waals surface area contributed by atoms with Gasteiger partial charge < -0.3 is 15.4 Å². The molecule has 0 saturated carbocycles. The summed E-state index contributed by atoms with van der Waals surface area (Å²) in [5, 5.41) is 0. The Morgan fingerprint density at radius 2 is 1.63 bits per heavy atom. The van der Waals surface area contributed by atoms with Crippen LogP contribution in [0.2, 0.25) is 0 Å². The van der Waals surface area contributed by atoms with E-state index >= 15 is 0 Å². The van der Waals surface area contributed by atoms with E-state index in [4.69, 9.17) is 10.5 Å².